The number of ether oxygens (including phenoxy) is 1. The Bertz CT molecular complexity index is 286. The summed E-state index contributed by atoms with van der Waals surface area (Å²) in [6, 6.07) is 0. The molecule has 1 N–H and O–H groups in total. The fourth-order valence-electron chi connectivity index (χ4n) is 2.82. The van der Waals surface area contributed by atoms with Crippen LogP contribution in [0.5, 0.6) is 0 Å². The Kier molecular flexibility index (Phi) is 6.11. The lowest BCUT2D eigenvalue weighted by Gasteiger charge is -2.39. The van der Waals surface area contributed by atoms with Crippen LogP contribution in [0.15, 0.2) is 0 Å². The van der Waals surface area contributed by atoms with Crippen molar-refractivity contribution in [1.82, 2.24) is 4.90 Å². The van der Waals surface area contributed by atoms with Gasteiger partial charge in [0.15, 0.2) is 0 Å². The molecule has 1 amide bonds. The van der Waals surface area contributed by atoms with E-state index >= 15 is 0 Å². The van der Waals surface area contributed by atoms with Gasteiger partial charge in [0, 0.05) is 19.7 Å². The highest BCUT2D eigenvalue weighted by Crippen LogP contribution is 2.30. The zero-order chi connectivity index (χ0) is 14.5. The molecule has 0 aliphatic carbocycles. The van der Waals surface area contributed by atoms with Gasteiger partial charge in [0.05, 0.1) is 0 Å². The maximum atomic E-state index is 12.1. The minimum absolute atomic E-state index is 0.198. The summed E-state index contributed by atoms with van der Waals surface area (Å²) in [5.41, 5.74) is -0.431. The fraction of sp³-hybridized carbons (Fsp3) is 0.933. The van der Waals surface area contributed by atoms with Crippen molar-refractivity contribution >= 4 is 6.09 Å². The number of piperidine rings is 1. The van der Waals surface area contributed by atoms with Crippen LogP contribution >= 0.6 is 0 Å². The van der Waals surface area contributed by atoms with E-state index in [2.05, 4.69) is 6.92 Å². The smallest absolute Gasteiger partial charge is 0.410 e. The minimum Gasteiger partial charge on any atom is -0.444 e. The number of hydrogen-bond donors (Lipinski definition) is 1. The fourth-order valence-corrected chi connectivity index (χ4v) is 2.82. The molecule has 0 aromatic rings. The third kappa shape index (κ3) is 5.39. The quantitative estimate of drug-likeness (QED) is 0.855. The van der Waals surface area contributed by atoms with Gasteiger partial charge in [0.1, 0.15) is 5.60 Å². The van der Waals surface area contributed by atoms with Gasteiger partial charge in [0.25, 0.3) is 0 Å². The SMILES string of the molecule is CCCC1CN(C(=O)OC(C)(C)C)CCC1CCO. The summed E-state index contributed by atoms with van der Waals surface area (Å²) in [7, 11) is 0. The normalized spacial score (nSPS) is 24.4. The average Bonchev–Trinajstić information content (AvgIpc) is 2.29. The van der Waals surface area contributed by atoms with Crippen molar-refractivity contribution in [1.29, 1.82) is 0 Å². The number of amides is 1. The third-order valence-electron chi connectivity index (χ3n) is 3.70. The number of hydrogen-bond acceptors (Lipinski definition) is 3. The van der Waals surface area contributed by atoms with Crippen molar-refractivity contribution in [3.8, 4) is 0 Å². The molecule has 1 aliphatic heterocycles. The largest absolute Gasteiger partial charge is 0.444 e. The maximum Gasteiger partial charge on any atom is 0.410 e. The van der Waals surface area contributed by atoms with Gasteiger partial charge in [-0.3, -0.25) is 0 Å². The van der Waals surface area contributed by atoms with Crippen molar-refractivity contribution in [2.45, 2.75) is 59.0 Å². The molecule has 1 fully saturated rings. The first kappa shape index (κ1) is 16.3. The predicted octanol–water partition coefficient (Wildman–Crippen LogP) is 3.04. The lowest BCUT2D eigenvalue weighted by molar-refractivity contribution is 0.00752. The van der Waals surface area contributed by atoms with Crippen LogP contribution in [0.3, 0.4) is 0 Å². The Morgan fingerprint density at radius 3 is 2.53 bits per heavy atom. The van der Waals surface area contributed by atoms with Crippen molar-refractivity contribution in [3.05, 3.63) is 0 Å². The van der Waals surface area contributed by atoms with Crippen LogP contribution < -0.4 is 0 Å². The Morgan fingerprint density at radius 2 is 2.00 bits per heavy atom. The molecule has 2 unspecified atom stereocenters. The molecule has 112 valence electrons. The van der Waals surface area contributed by atoms with Crippen molar-refractivity contribution < 1.29 is 14.6 Å². The monoisotopic (exact) mass is 271 g/mol. The number of rotatable bonds is 4. The molecule has 19 heavy (non-hydrogen) atoms. The molecule has 0 saturated carbocycles. The highest BCUT2D eigenvalue weighted by Gasteiger charge is 2.32. The second-order valence-corrected chi connectivity index (χ2v) is 6.54. The van der Waals surface area contributed by atoms with Gasteiger partial charge < -0.3 is 14.7 Å². The second kappa shape index (κ2) is 7.13. The molecule has 0 bridgehead atoms. The van der Waals surface area contributed by atoms with E-state index in [1.165, 1.54) is 0 Å². The topological polar surface area (TPSA) is 49.8 Å². The lowest BCUT2D eigenvalue weighted by Crippen LogP contribution is -2.46. The Hall–Kier alpha value is -0.770. The first-order valence-corrected chi connectivity index (χ1v) is 7.46. The average molecular weight is 271 g/mol. The highest BCUT2D eigenvalue weighted by molar-refractivity contribution is 5.68. The summed E-state index contributed by atoms with van der Waals surface area (Å²) in [6.07, 6.45) is 3.87. The van der Waals surface area contributed by atoms with Gasteiger partial charge in [0.2, 0.25) is 0 Å². The predicted molar refractivity (Wildman–Crippen MR) is 76.0 cm³/mol. The second-order valence-electron chi connectivity index (χ2n) is 6.54. The molecule has 4 nitrogen and oxygen atoms in total. The molecule has 0 aromatic heterocycles. The van der Waals surface area contributed by atoms with Crippen molar-refractivity contribution in [2.24, 2.45) is 11.8 Å². The van der Waals surface area contributed by atoms with E-state index in [0.29, 0.717) is 11.8 Å². The summed E-state index contributed by atoms with van der Waals surface area (Å²) in [5.74, 6) is 1.04. The van der Waals surface area contributed by atoms with Gasteiger partial charge >= 0.3 is 6.09 Å². The van der Waals surface area contributed by atoms with E-state index in [1.807, 2.05) is 25.7 Å². The summed E-state index contributed by atoms with van der Waals surface area (Å²) in [4.78, 5) is 13.9. The summed E-state index contributed by atoms with van der Waals surface area (Å²) in [6.45, 7) is 9.62. The summed E-state index contributed by atoms with van der Waals surface area (Å²) < 4.78 is 5.44. The maximum absolute atomic E-state index is 12.1. The first-order chi connectivity index (χ1) is 8.87. The first-order valence-electron chi connectivity index (χ1n) is 7.46. The van der Waals surface area contributed by atoms with Crippen LogP contribution in [0.2, 0.25) is 0 Å². The van der Waals surface area contributed by atoms with E-state index < -0.39 is 5.60 Å². The molecular weight excluding hydrogens is 242 g/mol. The summed E-state index contributed by atoms with van der Waals surface area (Å²) in [5, 5.41) is 9.13. The number of carbonyl (C=O) groups is 1. The van der Waals surface area contributed by atoms with Crippen LogP contribution in [0.1, 0.15) is 53.4 Å². The summed E-state index contributed by atoms with van der Waals surface area (Å²) >= 11 is 0. The molecule has 2 atom stereocenters. The zero-order valence-electron chi connectivity index (χ0n) is 12.8. The lowest BCUT2D eigenvalue weighted by atomic mass is 9.81. The van der Waals surface area contributed by atoms with Crippen LogP contribution in [0, 0.1) is 11.8 Å². The standard InChI is InChI=1S/C15H29NO3/c1-5-6-13-11-16(9-7-12(13)8-10-17)14(18)19-15(2,3)4/h12-13,17H,5-11H2,1-4H3. The van der Waals surface area contributed by atoms with E-state index in [9.17, 15) is 4.79 Å². The zero-order valence-corrected chi connectivity index (χ0v) is 12.8. The van der Waals surface area contributed by atoms with Gasteiger partial charge in [-0.15, -0.1) is 0 Å². The van der Waals surface area contributed by atoms with E-state index in [4.69, 9.17) is 9.84 Å². The molecule has 1 rings (SSSR count). The van der Waals surface area contributed by atoms with Crippen LogP contribution in [-0.4, -0.2) is 41.4 Å². The Labute approximate surface area is 117 Å². The van der Waals surface area contributed by atoms with Crippen LogP contribution in [0.25, 0.3) is 0 Å². The molecule has 0 aromatic carbocycles. The van der Waals surface area contributed by atoms with Gasteiger partial charge in [-0.05, 0) is 51.9 Å². The molecular formula is C15H29NO3. The number of carbonyl (C=O) groups excluding carboxylic acids is 1. The number of nitrogens with zero attached hydrogens (tertiary/aromatic N) is 1. The molecule has 4 heteroatoms. The molecule has 0 spiro atoms. The molecule has 0 radical (unpaired) electrons. The third-order valence-corrected chi connectivity index (χ3v) is 3.70. The van der Waals surface area contributed by atoms with E-state index in [-0.39, 0.29) is 12.7 Å². The van der Waals surface area contributed by atoms with Crippen LogP contribution in [-0.2, 0) is 4.74 Å². The number of likely N-dealkylation sites (tertiary alicyclic amines) is 1. The number of aliphatic hydroxyl groups excluding tert-OH is 1. The molecule has 1 heterocycles. The molecule has 1 saturated heterocycles. The van der Waals surface area contributed by atoms with Gasteiger partial charge in [-0.25, -0.2) is 4.79 Å². The Morgan fingerprint density at radius 1 is 1.32 bits per heavy atom. The van der Waals surface area contributed by atoms with Crippen molar-refractivity contribution in [2.75, 3.05) is 19.7 Å². The van der Waals surface area contributed by atoms with Crippen molar-refractivity contribution in [3.63, 3.8) is 0 Å². The van der Waals surface area contributed by atoms with Gasteiger partial charge in [-0.2, -0.15) is 0 Å². The minimum atomic E-state index is -0.431. The van der Waals surface area contributed by atoms with Crippen LogP contribution in [0.4, 0.5) is 4.79 Å². The molecule has 1 aliphatic rings. The highest BCUT2D eigenvalue weighted by atomic mass is 16.6. The van der Waals surface area contributed by atoms with E-state index in [1.54, 1.807) is 0 Å². The van der Waals surface area contributed by atoms with E-state index in [0.717, 1.165) is 38.8 Å². The Balaban J connectivity index is 2.57. The van der Waals surface area contributed by atoms with Gasteiger partial charge in [-0.1, -0.05) is 13.3 Å². The number of aliphatic hydroxyl groups is 1.